The fraction of sp³-hybridized carbons (Fsp3) is 0.333. The van der Waals surface area contributed by atoms with E-state index < -0.39 is 4.92 Å². The number of benzene rings is 1. The van der Waals surface area contributed by atoms with Gasteiger partial charge in [-0.25, -0.2) is 0 Å². The highest BCUT2D eigenvalue weighted by atomic mass is 16.6. The standard InChI is InChI=1S/C9H13N3O3/c10-7-4-3-6(2-1-5-13)9(8(7)11)12(14)15/h3-4,13H,1-2,5,10-11H2. The van der Waals surface area contributed by atoms with Crippen LogP contribution < -0.4 is 11.5 Å². The van der Waals surface area contributed by atoms with Gasteiger partial charge in [0.25, 0.3) is 5.69 Å². The summed E-state index contributed by atoms with van der Waals surface area (Å²) in [6.45, 7) is -0.0125. The topological polar surface area (TPSA) is 115 Å². The second-order valence-electron chi connectivity index (χ2n) is 3.16. The molecule has 0 saturated heterocycles. The molecular formula is C9H13N3O3. The van der Waals surface area contributed by atoms with E-state index in [1.54, 1.807) is 6.07 Å². The van der Waals surface area contributed by atoms with Gasteiger partial charge in [0.05, 0.1) is 10.6 Å². The van der Waals surface area contributed by atoms with E-state index in [-0.39, 0.29) is 23.7 Å². The quantitative estimate of drug-likeness (QED) is 0.385. The van der Waals surface area contributed by atoms with Crippen molar-refractivity contribution < 1.29 is 10.0 Å². The SMILES string of the molecule is Nc1ccc(CCCO)c([N+](=O)[O-])c1N. The van der Waals surface area contributed by atoms with Crippen LogP contribution in [0, 0.1) is 10.1 Å². The summed E-state index contributed by atoms with van der Waals surface area (Å²) in [5, 5.41) is 19.4. The van der Waals surface area contributed by atoms with Crippen molar-refractivity contribution in [3.05, 3.63) is 27.8 Å². The molecule has 0 saturated carbocycles. The number of anilines is 2. The van der Waals surface area contributed by atoms with Crippen LogP contribution in [0.15, 0.2) is 12.1 Å². The van der Waals surface area contributed by atoms with E-state index in [0.717, 1.165) is 0 Å². The molecule has 82 valence electrons. The average Bonchev–Trinajstić information content (AvgIpc) is 2.19. The molecule has 6 nitrogen and oxygen atoms in total. The molecule has 5 N–H and O–H groups in total. The number of hydrogen-bond donors (Lipinski definition) is 3. The Kier molecular flexibility index (Phi) is 3.46. The number of aliphatic hydroxyl groups excluding tert-OH is 1. The largest absolute Gasteiger partial charge is 0.397 e. The van der Waals surface area contributed by atoms with Gasteiger partial charge in [0.1, 0.15) is 5.69 Å². The highest BCUT2D eigenvalue weighted by molar-refractivity contribution is 5.76. The highest BCUT2D eigenvalue weighted by Gasteiger charge is 2.19. The Hall–Kier alpha value is -1.82. The minimum Gasteiger partial charge on any atom is -0.397 e. The van der Waals surface area contributed by atoms with Crippen LogP contribution in [0.1, 0.15) is 12.0 Å². The number of nitro groups is 1. The van der Waals surface area contributed by atoms with E-state index in [4.69, 9.17) is 16.6 Å². The second-order valence-corrected chi connectivity index (χ2v) is 3.16. The molecule has 0 spiro atoms. The van der Waals surface area contributed by atoms with Crippen LogP contribution in [0.5, 0.6) is 0 Å². The van der Waals surface area contributed by atoms with Crippen molar-refractivity contribution in [3.8, 4) is 0 Å². The molecule has 0 aliphatic carbocycles. The lowest BCUT2D eigenvalue weighted by Crippen LogP contribution is -2.04. The Morgan fingerprint density at radius 1 is 1.40 bits per heavy atom. The molecule has 0 amide bonds. The molecular weight excluding hydrogens is 198 g/mol. The monoisotopic (exact) mass is 211 g/mol. The Morgan fingerprint density at radius 3 is 2.60 bits per heavy atom. The maximum Gasteiger partial charge on any atom is 0.297 e. The first-order valence-corrected chi connectivity index (χ1v) is 4.50. The number of aryl methyl sites for hydroxylation is 1. The van der Waals surface area contributed by atoms with E-state index in [9.17, 15) is 10.1 Å². The van der Waals surface area contributed by atoms with Crippen LogP contribution in [-0.2, 0) is 6.42 Å². The molecule has 0 fully saturated rings. The molecule has 0 atom stereocenters. The van der Waals surface area contributed by atoms with Crippen molar-refractivity contribution in [2.75, 3.05) is 18.1 Å². The van der Waals surface area contributed by atoms with E-state index in [2.05, 4.69) is 0 Å². The van der Waals surface area contributed by atoms with Gasteiger partial charge < -0.3 is 16.6 Å². The van der Waals surface area contributed by atoms with E-state index >= 15 is 0 Å². The number of rotatable bonds is 4. The van der Waals surface area contributed by atoms with Crippen LogP contribution in [-0.4, -0.2) is 16.6 Å². The lowest BCUT2D eigenvalue weighted by atomic mass is 10.1. The maximum absolute atomic E-state index is 10.8. The van der Waals surface area contributed by atoms with Crippen LogP contribution in [0.2, 0.25) is 0 Å². The maximum atomic E-state index is 10.8. The first-order valence-electron chi connectivity index (χ1n) is 4.50. The third-order valence-electron chi connectivity index (χ3n) is 2.12. The van der Waals surface area contributed by atoms with Gasteiger partial charge in [-0.2, -0.15) is 0 Å². The van der Waals surface area contributed by atoms with E-state index in [1.807, 2.05) is 0 Å². The van der Waals surface area contributed by atoms with Crippen LogP contribution in [0.25, 0.3) is 0 Å². The normalized spacial score (nSPS) is 10.2. The number of nitrogens with zero attached hydrogens (tertiary/aromatic N) is 1. The average molecular weight is 211 g/mol. The lowest BCUT2D eigenvalue weighted by molar-refractivity contribution is -0.384. The van der Waals surface area contributed by atoms with Gasteiger partial charge in [-0.1, -0.05) is 0 Å². The summed E-state index contributed by atoms with van der Waals surface area (Å²) >= 11 is 0. The van der Waals surface area contributed by atoms with Gasteiger partial charge in [-0.15, -0.1) is 0 Å². The molecule has 0 radical (unpaired) electrons. The van der Waals surface area contributed by atoms with Crippen LogP contribution in [0.4, 0.5) is 17.1 Å². The number of nitrogens with two attached hydrogens (primary N) is 2. The fourth-order valence-electron chi connectivity index (χ4n) is 1.36. The van der Waals surface area contributed by atoms with Gasteiger partial charge in [-0.3, -0.25) is 10.1 Å². The first kappa shape index (κ1) is 11.3. The fourth-order valence-corrected chi connectivity index (χ4v) is 1.36. The van der Waals surface area contributed by atoms with Gasteiger partial charge in [0, 0.05) is 12.2 Å². The number of nitro benzene ring substituents is 1. The zero-order valence-corrected chi connectivity index (χ0v) is 8.14. The van der Waals surface area contributed by atoms with Crippen molar-refractivity contribution in [2.45, 2.75) is 12.8 Å². The molecule has 0 aliphatic heterocycles. The Bertz CT molecular complexity index is 379. The van der Waals surface area contributed by atoms with E-state index in [0.29, 0.717) is 18.4 Å². The number of nitrogen functional groups attached to an aromatic ring is 2. The smallest absolute Gasteiger partial charge is 0.297 e. The molecule has 0 heterocycles. The van der Waals surface area contributed by atoms with Crippen LogP contribution in [0.3, 0.4) is 0 Å². The third kappa shape index (κ3) is 2.35. The van der Waals surface area contributed by atoms with Crippen molar-refractivity contribution in [2.24, 2.45) is 0 Å². The van der Waals surface area contributed by atoms with Crippen molar-refractivity contribution in [3.63, 3.8) is 0 Å². The Labute approximate surface area is 86.7 Å². The zero-order chi connectivity index (χ0) is 11.4. The molecule has 0 aromatic heterocycles. The molecule has 1 rings (SSSR count). The van der Waals surface area contributed by atoms with Gasteiger partial charge in [0.2, 0.25) is 0 Å². The summed E-state index contributed by atoms with van der Waals surface area (Å²) in [7, 11) is 0. The zero-order valence-electron chi connectivity index (χ0n) is 8.14. The third-order valence-corrected chi connectivity index (χ3v) is 2.12. The minimum atomic E-state index is -0.543. The summed E-state index contributed by atoms with van der Waals surface area (Å²) in [4.78, 5) is 10.2. The lowest BCUT2D eigenvalue weighted by Gasteiger charge is -2.06. The molecule has 1 aromatic rings. The van der Waals surface area contributed by atoms with Crippen molar-refractivity contribution >= 4 is 17.1 Å². The van der Waals surface area contributed by atoms with Crippen molar-refractivity contribution in [1.29, 1.82) is 0 Å². The molecule has 15 heavy (non-hydrogen) atoms. The van der Waals surface area contributed by atoms with Gasteiger partial charge in [-0.05, 0) is 25.0 Å². The molecule has 0 aliphatic rings. The van der Waals surface area contributed by atoms with E-state index in [1.165, 1.54) is 6.07 Å². The van der Waals surface area contributed by atoms with Crippen molar-refractivity contribution in [1.82, 2.24) is 0 Å². The summed E-state index contributed by atoms with van der Waals surface area (Å²) in [6.07, 6.45) is 0.876. The van der Waals surface area contributed by atoms with Gasteiger partial charge >= 0.3 is 0 Å². The van der Waals surface area contributed by atoms with Gasteiger partial charge in [0.15, 0.2) is 0 Å². The predicted octanol–water partition coefficient (Wildman–Crippen LogP) is 0.684. The molecule has 6 heteroatoms. The summed E-state index contributed by atoms with van der Waals surface area (Å²) in [5.74, 6) is 0. The summed E-state index contributed by atoms with van der Waals surface area (Å²) in [6, 6.07) is 3.11. The number of hydrogen-bond acceptors (Lipinski definition) is 5. The second kappa shape index (κ2) is 4.61. The molecule has 1 aromatic carbocycles. The summed E-state index contributed by atoms with van der Waals surface area (Å²) in [5.41, 5.74) is 11.6. The minimum absolute atomic E-state index is 0.00422. The summed E-state index contributed by atoms with van der Waals surface area (Å²) < 4.78 is 0. The first-order chi connectivity index (χ1) is 7.07. The molecule has 0 unspecified atom stereocenters. The Balaban J connectivity index is 3.15. The highest BCUT2D eigenvalue weighted by Crippen LogP contribution is 2.31. The van der Waals surface area contributed by atoms with Crippen LogP contribution >= 0.6 is 0 Å². The predicted molar refractivity (Wildman–Crippen MR) is 57.3 cm³/mol. The molecule has 0 bridgehead atoms. The number of aliphatic hydroxyl groups is 1. The Morgan fingerprint density at radius 2 is 2.07 bits per heavy atom.